The average molecular weight is 845 g/mol. The van der Waals surface area contributed by atoms with Crippen LogP contribution >= 0.6 is 0 Å². The molecule has 4 nitrogen and oxygen atoms in total. The molecule has 4 fully saturated rings. The predicted octanol–water partition coefficient (Wildman–Crippen LogP) is 11.3. The zero-order valence-electron chi connectivity index (χ0n) is 36.5. The summed E-state index contributed by atoms with van der Waals surface area (Å²) in [4.78, 5) is 16.7. The fourth-order valence-electron chi connectivity index (χ4n) is 11.8. The van der Waals surface area contributed by atoms with Crippen molar-refractivity contribution in [2.75, 3.05) is 0 Å². The molecule has 12 rings (SSSR count). The highest BCUT2D eigenvalue weighted by atomic mass is 14.7. The van der Waals surface area contributed by atoms with E-state index < -0.39 is 0 Å². The standard InChI is InChI=1S/C62H44N4/c1(5-51-25-33-63-34-26-51)47-9-17-55(18-10-47)59-41-60(56-19-11-48(12-20-56)2-6-52-27-35-64-36-28-52)44-61(42-59,57-21-13-49(14-22-57)3-7-53-29-37-65-38-30-53)46-62(43-59,45-60)58-23-15-50(16-24-58)4-8-54-31-39-66-40-32-54/h9-40H,41-46H2. The van der Waals surface area contributed by atoms with E-state index >= 15 is 0 Å². The third kappa shape index (κ3) is 8.08. The third-order valence-electron chi connectivity index (χ3n) is 14.2. The lowest BCUT2D eigenvalue weighted by molar-refractivity contribution is -0.0691. The second kappa shape index (κ2) is 17.0. The minimum atomic E-state index is -0.106. The van der Waals surface area contributed by atoms with Gasteiger partial charge in [0.1, 0.15) is 0 Å². The summed E-state index contributed by atoms with van der Waals surface area (Å²) in [7, 11) is 0. The van der Waals surface area contributed by atoms with Crippen molar-refractivity contribution in [1.82, 2.24) is 19.9 Å². The highest BCUT2D eigenvalue weighted by Gasteiger charge is 2.69. The highest BCUT2D eigenvalue weighted by Crippen LogP contribution is 2.74. The SMILES string of the molecule is C(#Cc1ccc(C23CC4(c5ccc(C#Cc6ccncc6)cc5)CC(c5ccc(C#Cc6ccncc6)cc5)(C2)CC(c2ccc(C#Cc5ccncc5)cc2)(C3)C4)cc1)c1ccncc1. The lowest BCUT2D eigenvalue weighted by Gasteiger charge is -2.71. The fourth-order valence-corrected chi connectivity index (χ4v) is 11.8. The van der Waals surface area contributed by atoms with Crippen LogP contribution in [0.3, 0.4) is 0 Å². The summed E-state index contributed by atoms with van der Waals surface area (Å²) in [5.74, 6) is 27.0. The van der Waals surface area contributed by atoms with Gasteiger partial charge in [0.2, 0.25) is 0 Å². The van der Waals surface area contributed by atoms with Gasteiger partial charge in [0, 0.05) is 94.1 Å². The number of benzene rings is 4. The quantitative estimate of drug-likeness (QED) is 0.166. The summed E-state index contributed by atoms with van der Waals surface area (Å²) in [6.07, 6.45) is 20.7. The summed E-state index contributed by atoms with van der Waals surface area (Å²) < 4.78 is 0. The third-order valence-corrected chi connectivity index (χ3v) is 14.2. The lowest BCUT2D eigenvalue weighted by Crippen LogP contribution is -2.67. The number of rotatable bonds is 4. The largest absolute Gasteiger partial charge is 0.265 e. The Kier molecular flexibility index (Phi) is 10.4. The van der Waals surface area contributed by atoms with Gasteiger partial charge in [0.05, 0.1) is 0 Å². The molecular weight excluding hydrogens is 801 g/mol. The van der Waals surface area contributed by atoms with Crippen LogP contribution in [0.4, 0.5) is 0 Å². The van der Waals surface area contributed by atoms with E-state index in [9.17, 15) is 0 Å². The zero-order valence-corrected chi connectivity index (χ0v) is 36.5. The molecule has 312 valence electrons. The van der Waals surface area contributed by atoms with Crippen LogP contribution in [0.1, 0.15) is 105 Å². The second-order valence-electron chi connectivity index (χ2n) is 18.4. The Morgan fingerprint density at radius 1 is 0.212 bits per heavy atom. The smallest absolute Gasteiger partial charge is 0.0280 e. The predicted molar refractivity (Wildman–Crippen MR) is 261 cm³/mol. The molecule has 0 N–H and O–H groups in total. The van der Waals surface area contributed by atoms with Gasteiger partial charge >= 0.3 is 0 Å². The van der Waals surface area contributed by atoms with E-state index in [-0.39, 0.29) is 21.7 Å². The Bertz CT molecular complexity index is 2790. The first-order chi connectivity index (χ1) is 32.5. The maximum atomic E-state index is 4.16. The molecule has 0 atom stereocenters. The molecule has 8 aromatic rings. The van der Waals surface area contributed by atoms with Gasteiger partial charge in [0.25, 0.3) is 0 Å². The molecule has 4 saturated carbocycles. The zero-order chi connectivity index (χ0) is 44.3. The first kappa shape index (κ1) is 40.5. The molecule has 0 aliphatic heterocycles. The van der Waals surface area contributed by atoms with E-state index in [0.717, 1.165) is 83.0 Å². The van der Waals surface area contributed by atoms with Crippen LogP contribution in [0.5, 0.6) is 0 Å². The molecule has 4 bridgehead atoms. The Balaban J connectivity index is 1.04. The van der Waals surface area contributed by atoms with Gasteiger partial charge in [-0.3, -0.25) is 19.9 Å². The van der Waals surface area contributed by atoms with Crippen LogP contribution < -0.4 is 0 Å². The molecule has 4 aliphatic carbocycles. The molecule has 4 aromatic carbocycles. The van der Waals surface area contributed by atoms with Crippen LogP contribution in [0.15, 0.2) is 195 Å². The van der Waals surface area contributed by atoms with Gasteiger partial charge in [-0.15, -0.1) is 0 Å². The van der Waals surface area contributed by atoms with Gasteiger partial charge in [0.15, 0.2) is 0 Å². The molecule has 4 aromatic heterocycles. The van der Waals surface area contributed by atoms with E-state index in [1.54, 1.807) is 49.6 Å². The summed E-state index contributed by atoms with van der Waals surface area (Å²) >= 11 is 0. The normalized spacial score (nSPS) is 21.9. The maximum Gasteiger partial charge on any atom is 0.0280 e. The Hall–Kier alpha value is -8.28. The van der Waals surface area contributed by atoms with Crippen molar-refractivity contribution in [2.24, 2.45) is 0 Å². The minimum absolute atomic E-state index is 0.106. The summed E-state index contributed by atoms with van der Waals surface area (Å²) in [6.45, 7) is 0. The van der Waals surface area contributed by atoms with Crippen LogP contribution in [0.25, 0.3) is 0 Å². The van der Waals surface area contributed by atoms with E-state index in [0.29, 0.717) is 0 Å². The van der Waals surface area contributed by atoms with Gasteiger partial charge < -0.3 is 0 Å². The van der Waals surface area contributed by atoms with Crippen LogP contribution in [0, 0.1) is 47.4 Å². The van der Waals surface area contributed by atoms with Crippen molar-refractivity contribution < 1.29 is 0 Å². The maximum absolute atomic E-state index is 4.16. The van der Waals surface area contributed by atoms with Crippen molar-refractivity contribution in [1.29, 1.82) is 0 Å². The van der Waals surface area contributed by atoms with Crippen molar-refractivity contribution in [3.8, 4) is 47.4 Å². The number of pyridine rings is 4. The van der Waals surface area contributed by atoms with E-state index in [1.165, 1.54) is 22.3 Å². The molecule has 0 radical (unpaired) electrons. The van der Waals surface area contributed by atoms with E-state index in [2.05, 4.69) is 164 Å². The molecular formula is C62H44N4. The van der Waals surface area contributed by atoms with Gasteiger partial charge in [-0.2, -0.15) is 0 Å². The van der Waals surface area contributed by atoms with Gasteiger partial charge in [-0.1, -0.05) is 95.9 Å². The fraction of sp³-hybridized carbons (Fsp3) is 0.161. The molecule has 0 saturated heterocycles. The number of hydrogen-bond donors (Lipinski definition) is 0. The first-order valence-electron chi connectivity index (χ1n) is 22.6. The van der Waals surface area contributed by atoms with Crippen molar-refractivity contribution in [3.63, 3.8) is 0 Å². The number of nitrogens with zero attached hydrogens (tertiary/aromatic N) is 4. The second-order valence-corrected chi connectivity index (χ2v) is 18.4. The van der Waals surface area contributed by atoms with Crippen LogP contribution in [0.2, 0.25) is 0 Å². The number of hydrogen-bond acceptors (Lipinski definition) is 4. The van der Waals surface area contributed by atoms with Crippen LogP contribution in [-0.2, 0) is 21.7 Å². The van der Waals surface area contributed by atoms with E-state index in [1.807, 2.05) is 48.5 Å². The summed E-state index contributed by atoms with van der Waals surface area (Å²) in [5, 5.41) is 0. The lowest BCUT2D eigenvalue weighted by atomic mass is 9.32. The van der Waals surface area contributed by atoms with Gasteiger partial charge in [-0.05, 0) is 180 Å². The minimum Gasteiger partial charge on any atom is -0.265 e. The molecule has 0 unspecified atom stereocenters. The molecule has 0 amide bonds. The molecule has 0 spiro atoms. The van der Waals surface area contributed by atoms with Gasteiger partial charge in [-0.25, -0.2) is 0 Å². The Morgan fingerprint density at radius 3 is 0.530 bits per heavy atom. The van der Waals surface area contributed by atoms with Crippen molar-refractivity contribution in [2.45, 2.75) is 60.2 Å². The summed E-state index contributed by atoms with van der Waals surface area (Å²) in [6, 6.07) is 52.5. The average Bonchev–Trinajstić information content (AvgIpc) is 3.37. The summed E-state index contributed by atoms with van der Waals surface area (Å²) in [5.41, 5.74) is 13.0. The Morgan fingerprint density at radius 2 is 0.364 bits per heavy atom. The van der Waals surface area contributed by atoms with Crippen molar-refractivity contribution >= 4 is 0 Å². The molecule has 4 heteroatoms. The monoisotopic (exact) mass is 844 g/mol. The first-order valence-corrected chi connectivity index (χ1v) is 22.6. The van der Waals surface area contributed by atoms with Crippen molar-refractivity contribution in [3.05, 3.63) is 262 Å². The number of aromatic nitrogens is 4. The highest BCUT2D eigenvalue weighted by molar-refractivity contribution is 5.54. The molecule has 66 heavy (non-hydrogen) atoms. The van der Waals surface area contributed by atoms with E-state index in [4.69, 9.17) is 0 Å². The Labute approximate surface area is 387 Å². The molecule has 4 aliphatic rings. The van der Waals surface area contributed by atoms with Crippen LogP contribution in [-0.4, -0.2) is 19.9 Å². The molecule has 4 heterocycles. The topological polar surface area (TPSA) is 51.6 Å².